The third-order valence-electron chi connectivity index (χ3n) is 5.92. The largest absolute Gasteiger partial charge is 0.416 e. The molecule has 3 heterocycles. The first-order valence-corrected chi connectivity index (χ1v) is 9.90. The van der Waals surface area contributed by atoms with E-state index in [1.54, 1.807) is 15.9 Å². The molecule has 0 saturated carbocycles. The van der Waals surface area contributed by atoms with Gasteiger partial charge in [0.25, 0.3) is 0 Å². The van der Waals surface area contributed by atoms with Crippen molar-refractivity contribution in [3.05, 3.63) is 35.4 Å². The van der Waals surface area contributed by atoms with Gasteiger partial charge < -0.3 is 19.9 Å². The van der Waals surface area contributed by atoms with Gasteiger partial charge in [0.1, 0.15) is 6.61 Å². The lowest BCUT2D eigenvalue weighted by atomic mass is 9.92. The minimum Gasteiger partial charge on any atom is -0.366 e. The molecule has 3 saturated heterocycles. The van der Waals surface area contributed by atoms with Crippen LogP contribution in [0.2, 0.25) is 0 Å². The van der Waals surface area contributed by atoms with Crippen LogP contribution in [0.1, 0.15) is 24.0 Å². The fourth-order valence-electron chi connectivity index (χ4n) is 4.26. The zero-order valence-electron chi connectivity index (χ0n) is 16.0. The number of hydrogen-bond acceptors (Lipinski definition) is 3. The van der Waals surface area contributed by atoms with E-state index in [2.05, 4.69) is 5.32 Å². The number of nitrogens with zero attached hydrogens (tertiary/aromatic N) is 2. The van der Waals surface area contributed by atoms with Crippen LogP contribution in [0.15, 0.2) is 24.3 Å². The van der Waals surface area contributed by atoms with Crippen molar-refractivity contribution < 1.29 is 27.5 Å². The molecule has 0 unspecified atom stereocenters. The zero-order valence-corrected chi connectivity index (χ0v) is 16.0. The maximum atomic E-state index is 12.8. The smallest absolute Gasteiger partial charge is 0.366 e. The van der Waals surface area contributed by atoms with Crippen molar-refractivity contribution in [3.63, 3.8) is 0 Å². The fraction of sp³-hybridized carbons (Fsp3) is 0.600. The predicted molar refractivity (Wildman–Crippen MR) is 98.1 cm³/mol. The molecule has 0 spiro atoms. The topological polar surface area (TPSA) is 61.9 Å². The Morgan fingerprint density at radius 3 is 2.76 bits per heavy atom. The summed E-state index contributed by atoms with van der Waals surface area (Å²) in [6, 6.07) is 5.22. The molecule has 4 rings (SSSR count). The van der Waals surface area contributed by atoms with Gasteiger partial charge in [0.15, 0.2) is 0 Å². The monoisotopic (exact) mass is 411 g/mol. The van der Waals surface area contributed by atoms with Crippen LogP contribution in [0.4, 0.5) is 18.0 Å². The highest BCUT2D eigenvalue weighted by atomic mass is 19.4. The molecule has 3 fully saturated rings. The standard InChI is InChI=1S/C20H24F3N3O3/c21-20(22,23)15-3-1-2-13(8-15)4-5-14-9-26(10-14)19(28)25-7-6-17-16(11-25)24-18(27)12-29-17/h1-3,8,14,16-17H,4-7,9-12H2,(H,24,27)/t16-,17+/m1/s1. The predicted octanol–water partition coefficient (Wildman–Crippen LogP) is 2.28. The van der Waals surface area contributed by atoms with Crippen molar-refractivity contribution in [1.82, 2.24) is 15.1 Å². The normalized spacial score (nSPS) is 25.3. The number of ether oxygens (including phenoxy) is 1. The number of benzene rings is 1. The van der Waals surface area contributed by atoms with Crippen LogP contribution < -0.4 is 5.32 Å². The summed E-state index contributed by atoms with van der Waals surface area (Å²) < 4.78 is 43.9. The Hall–Kier alpha value is -2.29. The maximum Gasteiger partial charge on any atom is 0.416 e. The summed E-state index contributed by atoms with van der Waals surface area (Å²) in [4.78, 5) is 27.7. The van der Waals surface area contributed by atoms with Gasteiger partial charge in [-0.05, 0) is 36.8 Å². The molecular formula is C20H24F3N3O3. The Kier molecular flexibility index (Phi) is 5.42. The Morgan fingerprint density at radius 1 is 1.21 bits per heavy atom. The second-order valence-corrected chi connectivity index (χ2v) is 8.05. The minimum absolute atomic E-state index is 0.0339. The van der Waals surface area contributed by atoms with E-state index in [1.807, 2.05) is 0 Å². The van der Waals surface area contributed by atoms with E-state index in [4.69, 9.17) is 4.74 Å². The van der Waals surface area contributed by atoms with Crippen LogP contribution in [0.25, 0.3) is 0 Å². The number of urea groups is 1. The van der Waals surface area contributed by atoms with Gasteiger partial charge in [0.05, 0.1) is 17.7 Å². The van der Waals surface area contributed by atoms with E-state index in [0.717, 1.165) is 12.5 Å². The Morgan fingerprint density at radius 2 is 2.00 bits per heavy atom. The van der Waals surface area contributed by atoms with E-state index < -0.39 is 11.7 Å². The first-order valence-electron chi connectivity index (χ1n) is 9.90. The second-order valence-electron chi connectivity index (χ2n) is 8.05. The number of hydrogen-bond donors (Lipinski definition) is 1. The van der Waals surface area contributed by atoms with E-state index in [9.17, 15) is 22.8 Å². The molecule has 29 heavy (non-hydrogen) atoms. The van der Waals surface area contributed by atoms with Crippen LogP contribution >= 0.6 is 0 Å². The van der Waals surface area contributed by atoms with Gasteiger partial charge in [-0.3, -0.25) is 4.79 Å². The lowest BCUT2D eigenvalue weighted by Gasteiger charge is -2.46. The van der Waals surface area contributed by atoms with Crippen molar-refractivity contribution >= 4 is 11.9 Å². The number of alkyl halides is 3. The Labute approximate surface area is 167 Å². The van der Waals surface area contributed by atoms with Gasteiger partial charge in [-0.15, -0.1) is 0 Å². The number of morpholine rings is 1. The summed E-state index contributed by atoms with van der Waals surface area (Å²) in [5.74, 6) is 0.142. The summed E-state index contributed by atoms with van der Waals surface area (Å²) >= 11 is 0. The highest BCUT2D eigenvalue weighted by Gasteiger charge is 2.40. The molecule has 1 N–H and O–H groups in total. The number of likely N-dealkylation sites (tertiary alicyclic amines) is 2. The second kappa shape index (κ2) is 7.85. The van der Waals surface area contributed by atoms with Crippen molar-refractivity contribution in [3.8, 4) is 0 Å². The molecule has 1 aromatic carbocycles. The third kappa shape index (κ3) is 4.49. The lowest BCUT2D eigenvalue weighted by Crippen LogP contribution is -2.64. The van der Waals surface area contributed by atoms with Crippen LogP contribution in [0.3, 0.4) is 0 Å². The maximum absolute atomic E-state index is 12.8. The van der Waals surface area contributed by atoms with Crippen molar-refractivity contribution in [2.45, 2.75) is 37.6 Å². The number of amides is 3. The highest BCUT2D eigenvalue weighted by molar-refractivity contribution is 5.79. The van der Waals surface area contributed by atoms with Gasteiger partial charge in [-0.2, -0.15) is 13.2 Å². The van der Waals surface area contributed by atoms with E-state index in [0.29, 0.717) is 50.5 Å². The molecule has 3 aliphatic rings. The molecule has 3 aliphatic heterocycles. The molecule has 0 aromatic heterocycles. The summed E-state index contributed by atoms with van der Waals surface area (Å²) in [6.07, 6.45) is -2.35. The zero-order chi connectivity index (χ0) is 20.6. The molecule has 158 valence electrons. The fourth-order valence-corrected chi connectivity index (χ4v) is 4.26. The van der Waals surface area contributed by atoms with Gasteiger partial charge >= 0.3 is 12.2 Å². The Balaban J connectivity index is 1.23. The minimum atomic E-state index is -4.33. The van der Waals surface area contributed by atoms with E-state index in [1.165, 1.54) is 12.1 Å². The molecule has 0 aliphatic carbocycles. The number of carbonyl (C=O) groups is 2. The third-order valence-corrected chi connectivity index (χ3v) is 5.92. The summed E-state index contributed by atoms with van der Waals surface area (Å²) in [5, 5.41) is 2.88. The molecule has 3 amide bonds. The average Bonchev–Trinajstić information content (AvgIpc) is 2.65. The van der Waals surface area contributed by atoms with E-state index >= 15 is 0 Å². The average molecular weight is 411 g/mol. The Bertz CT molecular complexity index is 780. The molecule has 9 heteroatoms. The molecule has 1 aromatic rings. The highest BCUT2D eigenvalue weighted by Crippen LogP contribution is 2.30. The van der Waals surface area contributed by atoms with Gasteiger partial charge in [-0.25, -0.2) is 4.79 Å². The number of fused-ring (bicyclic) bond motifs is 1. The number of nitrogens with one attached hydrogen (secondary N) is 1. The van der Waals surface area contributed by atoms with Gasteiger partial charge in [-0.1, -0.05) is 18.2 Å². The van der Waals surface area contributed by atoms with E-state index in [-0.39, 0.29) is 30.7 Å². The van der Waals surface area contributed by atoms with Crippen LogP contribution in [-0.2, 0) is 22.1 Å². The molecule has 6 nitrogen and oxygen atoms in total. The van der Waals surface area contributed by atoms with Gasteiger partial charge in [0, 0.05) is 26.2 Å². The summed E-state index contributed by atoms with van der Waals surface area (Å²) in [6.45, 7) is 2.35. The number of halogens is 3. The SMILES string of the molecule is O=C1CO[C@H]2CCN(C(=O)N3CC(CCc4cccc(C(F)(F)F)c4)C3)C[C@H]2N1. The molecule has 0 radical (unpaired) electrons. The van der Waals surface area contributed by atoms with Crippen molar-refractivity contribution in [2.75, 3.05) is 32.8 Å². The lowest BCUT2D eigenvalue weighted by molar-refractivity contribution is -0.140. The number of piperidine rings is 1. The van der Waals surface area contributed by atoms with Crippen molar-refractivity contribution in [1.29, 1.82) is 0 Å². The summed E-state index contributed by atoms with van der Waals surface area (Å²) in [7, 11) is 0. The molecule has 0 bridgehead atoms. The number of carbonyl (C=O) groups excluding carboxylic acids is 2. The molecule has 2 atom stereocenters. The van der Waals surface area contributed by atoms with Crippen LogP contribution in [0, 0.1) is 5.92 Å². The molecular weight excluding hydrogens is 387 g/mol. The first-order chi connectivity index (χ1) is 13.8. The quantitative estimate of drug-likeness (QED) is 0.830. The van der Waals surface area contributed by atoms with Crippen LogP contribution in [0.5, 0.6) is 0 Å². The van der Waals surface area contributed by atoms with Gasteiger partial charge in [0.2, 0.25) is 5.91 Å². The number of aryl methyl sites for hydroxylation is 1. The van der Waals surface area contributed by atoms with Crippen LogP contribution in [-0.4, -0.2) is 66.7 Å². The van der Waals surface area contributed by atoms with Crippen molar-refractivity contribution in [2.24, 2.45) is 5.92 Å². The number of rotatable bonds is 3. The first kappa shape index (κ1) is 20.0. The summed E-state index contributed by atoms with van der Waals surface area (Å²) in [5.41, 5.74) is 0.0438.